The van der Waals surface area contributed by atoms with E-state index >= 15 is 0 Å². The first kappa shape index (κ1) is 14.3. The molecule has 22 heavy (non-hydrogen) atoms. The van der Waals surface area contributed by atoms with E-state index in [1.165, 1.54) is 0 Å². The maximum Gasteiger partial charge on any atom is 0.414 e. The van der Waals surface area contributed by atoms with Gasteiger partial charge >= 0.3 is 6.09 Å². The lowest BCUT2D eigenvalue weighted by molar-refractivity contribution is 0.147. The summed E-state index contributed by atoms with van der Waals surface area (Å²) in [6.45, 7) is 1.50. The van der Waals surface area contributed by atoms with E-state index in [1.54, 1.807) is 23.1 Å². The highest BCUT2D eigenvalue weighted by molar-refractivity contribution is 5.93. The second-order valence-corrected chi connectivity index (χ2v) is 5.29. The minimum absolute atomic E-state index is 0.185. The molecule has 5 heteroatoms. The third-order valence-corrected chi connectivity index (χ3v) is 3.75. The molecule has 1 aliphatic rings. The number of hydrogen-bond donors (Lipinski definition) is 1. The van der Waals surface area contributed by atoms with Crippen LogP contribution in [0.1, 0.15) is 5.56 Å². The molecule has 0 atom stereocenters. The average Bonchev–Trinajstić information content (AvgIpc) is 2.54. The number of carbonyl (C=O) groups is 1. The molecule has 1 amide bonds. The van der Waals surface area contributed by atoms with E-state index in [1.807, 2.05) is 42.3 Å². The van der Waals surface area contributed by atoms with E-state index in [0.717, 1.165) is 16.9 Å². The molecule has 5 nitrogen and oxygen atoms in total. The van der Waals surface area contributed by atoms with Crippen LogP contribution in [0.3, 0.4) is 0 Å². The van der Waals surface area contributed by atoms with Gasteiger partial charge in [-0.1, -0.05) is 30.3 Å². The lowest BCUT2D eigenvalue weighted by Gasteiger charge is -2.35. The molecule has 0 aromatic heterocycles. The van der Waals surface area contributed by atoms with Gasteiger partial charge in [-0.05, 0) is 17.7 Å². The molecule has 1 aliphatic heterocycles. The van der Waals surface area contributed by atoms with E-state index in [-0.39, 0.29) is 18.4 Å². The van der Waals surface area contributed by atoms with E-state index in [0.29, 0.717) is 13.1 Å². The van der Waals surface area contributed by atoms with Gasteiger partial charge in [0.1, 0.15) is 12.4 Å². The lowest BCUT2D eigenvalue weighted by atomic mass is 10.1. The Morgan fingerprint density at radius 3 is 2.68 bits per heavy atom. The molecule has 0 fully saturated rings. The summed E-state index contributed by atoms with van der Waals surface area (Å²) in [6.07, 6.45) is -0.371. The van der Waals surface area contributed by atoms with Crippen molar-refractivity contribution in [3.8, 4) is 5.75 Å². The van der Waals surface area contributed by atoms with Crippen LogP contribution >= 0.6 is 0 Å². The van der Waals surface area contributed by atoms with Crippen molar-refractivity contribution in [1.82, 2.24) is 0 Å². The molecule has 0 saturated heterocycles. The quantitative estimate of drug-likeness (QED) is 0.926. The minimum Gasteiger partial charge on any atom is -0.508 e. The minimum atomic E-state index is -0.371. The predicted octanol–water partition coefficient (Wildman–Crippen LogP) is 2.99. The van der Waals surface area contributed by atoms with Gasteiger partial charge in [0.05, 0.1) is 11.4 Å². The molecule has 0 bridgehead atoms. The van der Waals surface area contributed by atoms with Gasteiger partial charge in [0, 0.05) is 26.2 Å². The maximum atomic E-state index is 12.3. The molecule has 0 spiro atoms. The molecule has 1 heterocycles. The zero-order valence-corrected chi connectivity index (χ0v) is 12.4. The second-order valence-electron chi connectivity index (χ2n) is 5.29. The largest absolute Gasteiger partial charge is 0.508 e. The van der Waals surface area contributed by atoms with Crippen molar-refractivity contribution in [2.45, 2.75) is 6.61 Å². The number of aromatic hydroxyl groups is 1. The standard InChI is InChI=1S/C17H18N2O3/c1-18-9-10-19(15-8-7-14(20)11-16(15)18)17(21)22-12-13-5-3-2-4-6-13/h2-8,11,20H,9-10,12H2,1H3. The molecule has 114 valence electrons. The number of carbonyl (C=O) groups excluding carboxylic acids is 1. The summed E-state index contributed by atoms with van der Waals surface area (Å²) < 4.78 is 5.40. The normalized spacial score (nSPS) is 13.7. The zero-order chi connectivity index (χ0) is 15.5. The number of phenolic OH excluding ortho intramolecular Hbond substituents is 1. The van der Waals surface area contributed by atoms with E-state index < -0.39 is 0 Å². The number of fused-ring (bicyclic) bond motifs is 1. The first-order chi connectivity index (χ1) is 10.6. The van der Waals surface area contributed by atoms with Crippen molar-refractivity contribution in [1.29, 1.82) is 0 Å². The van der Waals surface area contributed by atoms with Crippen LogP contribution in [0.4, 0.5) is 16.2 Å². The Labute approximate surface area is 129 Å². The van der Waals surface area contributed by atoms with Gasteiger partial charge in [0.25, 0.3) is 0 Å². The van der Waals surface area contributed by atoms with E-state index in [2.05, 4.69) is 0 Å². The van der Waals surface area contributed by atoms with Crippen molar-refractivity contribution in [2.75, 3.05) is 29.9 Å². The Balaban J connectivity index is 1.75. The van der Waals surface area contributed by atoms with Gasteiger partial charge in [-0.15, -0.1) is 0 Å². The molecule has 2 aromatic carbocycles. The van der Waals surface area contributed by atoms with Gasteiger partial charge < -0.3 is 14.7 Å². The summed E-state index contributed by atoms with van der Waals surface area (Å²) >= 11 is 0. The van der Waals surface area contributed by atoms with E-state index in [4.69, 9.17) is 4.74 Å². The fourth-order valence-corrected chi connectivity index (χ4v) is 2.52. The van der Waals surface area contributed by atoms with E-state index in [9.17, 15) is 9.90 Å². The van der Waals surface area contributed by atoms with Gasteiger partial charge in [0.2, 0.25) is 0 Å². The number of likely N-dealkylation sites (N-methyl/N-ethyl adjacent to an activating group) is 1. The second kappa shape index (κ2) is 5.97. The number of anilines is 2. The number of amides is 1. The Kier molecular flexibility index (Phi) is 3.87. The van der Waals surface area contributed by atoms with Crippen LogP contribution in [0.5, 0.6) is 5.75 Å². The highest BCUT2D eigenvalue weighted by Crippen LogP contribution is 2.35. The molecule has 0 aliphatic carbocycles. The van der Waals surface area contributed by atoms with Crippen molar-refractivity contribution in [2.24, 2.45) is 0 Å². The third kappa shape index (κ3) is 2.83. The molecular formula is C17H18N2O3. The summed E-state index contributed by atoms with van der Waals surface area (Å²) in [6, 6.07) is 14.6. The fourth-order valence-electron chi connectivity index (χ4n) is 2.52. The lowest BCUT2D eigenvalue weighted by Crippen LogP contribution is -2.42. The number of ether oxygens (including phenoxy) is 1. The third-order valence-electron chi connectivity index (χ3n) is 3.75. The summed E-state index contributed by atoms with van der Waals surface area (Å²) in [7, 11) is 1.94. The molecule has 0 saturated carbocycles. The Morgan fingerprint density at radius 2 is 1.91 bits per heavy atom. The Hall–Kier alpha value is -2.69. The predicted molar refractivity (Wildman–Crippen MR) is 85.3 cm³/mol. The zero-order valence-electron chi connectivity index (χ0n) is 12.4. The number of hydrogen-bond acceptors (Lipinski definition) is 4. The van der Waals surface area contributed by atoms with Crippen LogP contribution < -0.4 is 9.80 Å². The topological polar surface area (TPSA) is 53.0 Å². The summed E-state index contributed by atoms with van der Waals surface area (Å²) in [4.78, 5) is 16.0. The van der Waals surface area contributed by atoms with Crippen molar-refractivity contribution in [3.05, 3.63) is 54.1 Å². The van der Waals surface area contributed by atoms with Crippen molar-refractivity contribution in [3.63, 3.8) is 0 Å². The molecule has 0 radical (unpaired) electrons. The van der Waals surface area contributed by atoms with Crippen LogP contribution in [0.2, 0.25) is 0 Å². The molecule has 3 rings (SSSR count). The number of rotatable bonds is 2. The summed E-state index contributed by atoms with van der Waals surface area (Å²) in [5, 5.41) is 9.62. The van der Waals surface area contributed by atoms with Crippen LogP contribution in [-0.2, 0) is 11.3 Å². The maximum absolute atomic E-state index is 12.3. The van der Waals surface area contributed by atoms with Gasteiger partial charge in [0.15, 0.2) is 0 Å². The van der Waals surface area contributed by atoms with Gasteiger partial charge in [-0.3, -0.25) is 4.90 Å². The number of nitrogens with zero attached hydrogens (tertiary/aromatic N) is 2. The van der Waals surface area contributed by atoms with Crippen molar-refractivity contribution < 1.29 is 14.6 Å². The summed E-state index contributed by atoms with van der Waals surface area (Å²) in [5.74, 6) is 0.185. The monoisotopic (exact) mass is 298 g/mol. The Morgan fingerprint density at radius 1 is 1.14 bits per heavy atom. The first-order valence-electron chi connectivity index (χ1n) is 7.17. The first-order valence-corrected chi connectivity index (χ1v) is 7.17. The molecule has 1 N–H and O–H groups in total. The summed E-state index contributed by atoms with van der Waals surface area (Å²) in [5.41, 5.74) is 2.53. The van der Waals surface area contributed by atoms with Gasteiger partial charge in [-0.2, -0.15) is 0 Å². The van der Waals surface area contributed by atoms with Crippen LogP contribution in [0.15, 0.2) is 48.5 Å². The van der Waals surface area contributed by atoms with Crippen LogP contribution in [0, 0.1) is 0 Å². The van der Waals surface area contributed by atoms with Crippen molar-refractivity contribution >= 4 is 17.5 Å². The number of phenols is 1. The molecular weight excluding hydrogens is 280 g/mol. The van der Waals surface area contributed by atoms with Crippen LogP contribution in [-0.4, -0.2) is 31.3 Å². The SMILES string of the molecule is CN1CCN(C(=O)OCc2ccccc2)c2ccc(O)cc21. The number of benzene rings is 2. The highest BCUT2D eigenvalue weighted by atomic mass is 16.6. The Bertz CT molecular complexity index is 673. The smallest absolute Gasteiger partial charge is 0.414 e. The highest BCUT2D eigenvalue weighted by Gasteiger charge is 2.26. The molecule has 2 aromatic rings. The molecule has 0 unspecified atom stereocenters. The van der Waals surface area contributed by atoms with Crippen LogP contribution in [0.25, 0.3) is 0 Å². The average molecular weight is 298 g/mol. The van der Waals surface area contributed by atoms with Gasteiger partial charge in [-0.25, -0.2) is 4.79 Å². The fraction of sp³-hybridized carbons (Fsp3) is 0.235.